The third-order valence-electron chi connectivity index (χ3n) is 1.83. The Labute approximate surface area is 65.6 Å². The molecule has 60 valence electrons. The molecule has 0 spiro atoms. The standard InChI is InChI=1S/C7H11N3O/c8-3-5-10-4-1-2-6(9)7(10)11/h6H,1-2,4-5,9H2/t6-/m1/s1. The summed E-state index contributed by atoms with van der Waals surface area (Å²) in [6, 6.07) is 1.56. The van der Waals surface area contributed by atoms with E-state index in [2.05, 4.69) is 0 Å². The summed E-state index contributed by atoms with van der Waals surface area (Å²) in [6.07, 6.45) is 1.66. The van der Waals surface area contributed by atoms with Crippen LogP contribution in [0.5, 0.6) is 0 Å². The second-order valence-corrected chi connectivity index (χ2v) is 2.67. The van der Waals surface area contributed by atoms with Gasteiger partial charge in [-0.15, -0.1) is 0 Å². The second kappa shape index (κ2) is 3.35. The van der Waals surface area contributed by atoms with Gasteiger partial charge in [0.05, 0.1) is 12.1 Å². The molecule has 2 N–H and O–H groups in total. The zero-order chi connectivity index (χ0) is 8.27. The Hall–Kier alpha value is -1.08. The molecule has 1 atom stereocenters. The van der Waals surface area contributed by atoms with Gasteiger partial charge in [0.1, 0.15) is 6.54 Å². The lowest BCUT2D eigenvalue weighted by Gasteiger charge is -2.28. The van der Waals surface area contributed by atoms with Gasteiger partial charge >= 0.3 is 0 Å². The van der Waals surface area contributed by atoms with Crippen LogP contribution in [0.4, 0.5) is 0 Å². The van der Waals surface area contributed by atoms with Crippen LogP contribution in [0, 0.1) is 11.3 Å². The van der Waals surface area contributed by atoms with Crippen LogP contribution in [0.2, 0.25) is 0 Å². The first-order valence-corrected chi connectivity index (χ1v) is 3.67. The van der Waals surface area contributed by atoms with Gasteiger partial charge in [0.2, 0.25) is 5.91 Å². The molecule has 0 radical (unpaired) electrons. The first-order valence-electron chi connectivity index (χ1n) is 3.67. The molecule has 1 aliphatic heterocycles. The minimum Gasteiger partial charge on any atom is -0.328 e. The molecule has 0 aromatic rings. The van der Waals surface area contributed by atoms with E-state index >= 15 is 0 Å². The third kappa shape index (κ3) is 1.69. The van der Waals surface area contributed by atoms with Crippen LogP contribution in [0.3, 0.4) is 0 Å². The number of rotatable bonds is 1. The van der Waals surface area contributed by atoms with Gasteiger partial charge in [-0.2, -0.15) is 5.26 Å². The summed E-state index contributed by atoms with van der Waals surface area (Å²) in [7, 11) is 0. The highest BCUT2D eigenvalue weighted by Gasteiger charge is 2.24. The number of hydrogen-bond donors (Lipinski definition) is 1. The molecule has 0 aliphatic carbocycles. The van der Waals surface area contributed by atoms with Crippen LogP contribution in [-0.4, -0.2) is 29.9 Å². The van der Waals surface area contributed by atoms with E-state index in [4.69, 9.17) is 11.0 Å². The first-order chi connectivity index (χ1) is 5.25. The van der Waals surface area contributed by atoms with Crippen molar-refractivity contribution in [2.45, 2.75) is 18.9 Å². The third-order valence-corrected chi connectivity index (χ3v) is 1.83. The van der Waals surface area contributed by atoms with Crippen LogP contribution in [0.25, 0.3) is 0 Å². The van der Waals surface area contributed by atoms with E-state index in [1.54, 1.807) is 0 Å². The van der Waals surface area contributed by atoms with Crippen molar-refractivity contribution in [3.05, 3.63) is 0 Å². The minimum absolute atomic E-state index is 0.0854. The summed E-state index contributed by atoms with van der Waals surface area (Å²) in [6.45, 7) is 0.854. The van der Waals surface area contributed by atoms with E-state index in [9.17, 15) is 4.79 Å². The van der Waals surface area contributed by atoms with Crippen LogP contribution in [0.15, 0.2) is 0 Å². The average Bonchev–Trinajstić information content (AvgIpc) is 1.99. The highest BCUT2D eigenvalue weighted by Crippen LogP contribution is 2.08. The fraction of sp³-hybridized carbons (Fsp3) is 0.714. The number of amides is 1. The van der Waals surface area contributed by atoms with Gasteiger partial charge in [-0.05, 0) is 12.8 Å². The molecule has 4 heteroatoms. The summed E-state index contributed by atoms with van der Waals surface area (Å²) < 4.78 is 0. The molecule has 4 nitrogen and oxygen atoms in total. The largest absolute Gasteiger partial charge is 0.328 e. The molecule has 1 heterocycles. The fourth-order valence-electron chi connectivity index (χ4n) is 1.21. The molecular formula is C7H11N3O. The number of nitriles is 1. The lowest BCUT2D eigenvalue weighted by atomic mass is 10.1. The Balaban J connectivity index is 2.53. The van der Waals surface area contributed by atoms with Crippen molar-refractivity contribution in [1.82, 2.24) is 4.90 Å². The van der Waals surface area contributed by atoms with Gasteiger partial charge in [-0.3, -0.25) is 4.79 Å². The number of hydrogen-bond acceptors (Lipinski definition) is 3. The first kappa shape index (κ1) is 8.02. The maximum absolute atomic E-state index is 11.2. The molecule has 1 fully saturated rings. The highest BCUT2D eigenvalue weighted by molar-refractivity contribution is 5.82. The number of carbonyl (C=O) groups excluding carboxylic acids is 1. The molecule has 0 saturated carbocycles. The molecule has 0 aromatic heterocycles. The van der Waals surface area contributed by atoms with Crippen molar-refractivity contribution < 1.29 is 4.79 Å². The van der Waals surface area contributed by atoms with Crippen LogP contribution < -0.4 is 5.73 Å². The zero-order valence-corrected chi connectivity index (χ0v) is 6.29. The summed E-state index contributed by atoms with van der Waals surface area (Å²) >= 11 is 0. The zero-order valence-electron chi connectivity index (χ0n) is 6.29. The molecule has 0 bridgehead atoms. The minimum atomic E-state index is -0.378. The molecule has 0 unspecified atom stereocenters. The second-order valence-electron chi connectivity index (χ2n) is 2.67. The van der Waals surface area contributed by atoms with Crippen molar-refractivity contribution in [2.24, 2.45) is 5.73 Å². The summed E-state index contributed by atoms with van der Waals surface area (Å²) in [5, 5.41) is 8.34. The Morgan fingerprint density at radius 2 is 2.55 bits per heavy atom. The number of carbonyl (C=O) groups is 1. The SMILES string of the molecule is N#CCN1CCC[C@@H](N)C1=O. The summed E-state index contributed by atoms with van der Waals surface area (Å²) in [5.41, 5.74) is 5.50. The fourth-order valence-corrected chi connectivity index (χ4v) is 1.21. The Bertz CT molecular complexity index is 196. The lowest BCUT2D eigenvalue weighted by molar-refractivity contribution is -0.134. The predicted octanol–water partition coefficient (Wildman–Crippen LogP) is -0.540. The Kier molecular flexibility index (Phi) is 2.44. The lowest BCUT2D eigenvalue weighted by Crippen LogP contribution is -2.48. The molecule has 1 saturated heterocycles. The van der Waals surface area contributed by atoms with Crippen molar-refractivity contribution >= 4 is 5.91 Å². The van der Waals surface area contributed by atoms with Gasteiger partial charge in [0.25, 0.3) is 0 Å². The van der Waals surface area contributed by atoms with Crippen molar-refractivity contribution in [3.8, 4) is 6.07 Å². The molecule has 0 aromatic carbocycles. The normalized spacial score (nSPS) is 24.9. The molecule has 1 amide bonds. The van der Waals surface area contributed by atoms with Crippen molar-refractivity contribution in [3.63, 3.8) is 0 Å². The van der Waals surface area contributed by atoms with E-state index in [-0.39, 0.29) is 18.5 Å². The monoisotopic (exact) mass is 153 g/mol. The van der Waals surface area contributed by atoms with E-state index in [1.807, 2.05) is 6.07 Å². The maximum atomic E-state index is 11.2. The van der Waals surface area contributed by atoms with Gasteiger partial charge < -0.3 is 10.6 Å². The van der Waals surface area contributed by atoms with Crippen LogP contribution in [-0.2, 0) is 4.79 Å². The number of nitrogens with two attached hydrogens (primary N) is 1. The molecular weight excluding hydrogens is 142 g/mol. The van der Waals surface area contributed by atoms with Gasteiger partial charge in [0.15, 0.2) is 0 Å². The summed E-state index contributed by atoms with van der Waals surface area (Å²) in [5.74, 6) is -0.0854. The van der Waals surface area contributed by atoms with Gasteiger partial charge in [-0.25, -0.2) is 0 Å². The smallest absolute Gasteiger partial charge is 0.240 e. The topological polar surface area (TPSA) is 70.1 Å². The maximum Gasteiger partial charge on any atom is 0.240 e. The quantitative estimate of drug-likeness (QED) is 0.514. The molecule has 1 rings (SSSR count). The Morgan fingerprint density at radius 3 is 3.18 bits per heavy atom. The average molecular weight is 153 g/mol. The van der Waals surface area contributed by atoms with E-state index < -0.39 is 0 Å². The molecule has 1 aliphatic rings. The summed E-state index contributed by atoms with van der Waals surface area (Å²) in [4.78, 5) is 12.7. The highest BCUT2D eigenvalue weighted by atomic mass is 16.2. The molecule has 11 heavy (non-hydrogen) atoms. The van der Waals surface area contributed by atoms with Crippen LogP contribution >= 0.6 is 0 Å². The number of nitrogens with zero attached hydrogens (tertiary/aromatic N) is 2. The van der Waals surface area contributed by atoms with E-state index in [1.165, 1.54) is 4.90 Å². The number of piperidine rings is 1. The van der Waals surface area contributed by atoms with Gasteiger partial charge in [0, 0.05) is 6.54 Å². The number of likely N-dealkylation sites (tertiary alicyclic amines) is 1. The van der Waals surface area contributed by atoms with E-state index in [0.29, 0.717) is 6.54 Å². The van der Waals surface area contributed by atoms with Crippen molar-refractivity contribution in [1.29, 1.82) is 5.26 Å². The van der Waals surface area contributed by atoms with Crippen molar-refractivity contribution in [2.75, 3.05) is 13.1 Å². The van der Waals surface area contributed by atoms with Gasteiger partial charge in [-0.1, -0.05) is 0 Å². The van der Waals surface area contributed by atoms with E-state index in [0.717, 1.165) is 12.8 Å². The van der Waals surface area contributed by atoms with Crippen LogP contribution in [0.1, 0.15) is 12.8 Å². The Morgan fingerprint density at radius 1 is 1.82 bits per heavy atom. The predicted molar refractivity (Wildman–Crippen MR) is 39.4 cm³/mol.